The number of halogens is 2. The van der Waals surface area contributed by atoms with E-state index in [1.165, 1.54) is 0 Å². The predicted molar refractivity (Wildman–Crippen MR) is 74.1 cm³/mol. The predicted octanol–water partition coefficient (Wildman–Crippen LogP) is 2.63. The average molecular weight is 337 g/mol. The zero-order valence-electron chi connectivity index (χ0n) is 10.2. The maximum atomic E-state index is 11.7. The Morgan fingerprint density at radius 1 is 1.56 bits per heavy atom. The number of carbonyl (C=O) groups excluding carboxylic acids is 1. The molecule has 0 saturated heterocycles. The fourth-order valence-corrected chi connectivity index (χ4v) is 1.76. The first-order chi connectivity index (χ1) is 8.56. The Hall–Kier alpha value is -0.780. The second-order valence-corrected chi connectivity index (χ2v) is 4.80. The average Bonchev–Trinajstić information content (AvgIpc) is 2.35. The maximum absolute atomic E-state index is 11.7. The van der Waals surface area contributed by atoms with Crippen LogP contribution in [0.5, 0.6) is 5.75 Å². The van der Waals surface area contributed by atoms with Crippen molar-refractivity contribution < 1.29 is 14.3 Å². The highest BCUT2D eigenvalue weighted by molar-refractivity contribution is 9.10. The summed E-state index contributed by atoms with van der Waals surface area (Å²) in [6.45, 7) is 2.61. The van der Waals surface area contributed by atoms with E-state index in [9.17, 15) is 4.79 Å². The van der Waals surface area contributed by atoms with Gasteiger partial charge in [0, 0.05) is 13.7 Å². The van der Waals surface area contributed by atoms with Crippen LogP contribution in [0.4, 0.5) is 0 Å². The zero-order valence-corrected chi connectivity index (χ0v) is 12.5. The molecule has 0 radical (unpaired) electrons. The molecule has 0 aliphatic carbocycles. The number of hydrogen-bond acceptors (Lipinski definition) is 3. The molecule has 0 aliphatic rings. The summed E-state index contributed by atoms with van der Waals surface area (Å²) in [7, 11) is 1.58. The van der Waals surface area contributed by atoms with Crippen LogP contribution < -0.4 is 10.1 Å². The minimum Gasteiger partial charge on any atom is -0.480 e. The number of nitrogens with one attached hydrogen (secondary N) is 1. The van der Waals surface area contributed by atoms with Gasteiger partial charge in [-0.1, -0.05) is 17.7 Å². The number of carbonyl (C=O) groups is 1. The van der Waals surface area contributed by atoms with E-state index in [0.29, 0.717) is 28.4 Å². The first-order valence-corrected chi connectivity index (χ1v) is 6.60. The highest BCUT2D eigenvalue weighted by atomic mass is 79.9. The number of benzene rings is 1. The molecule has 0 saturated carbocycles. The third-order valence-electron chi connectivity index (χ3n) is 2.19. The quantitative estimate of drug-likeness (QED) is 0.812. The van der Waals surface area contributed by atoms with Gasteiger partial charge in [-0.15, -0.1) is 0 Å². The van der Waals surface area contributed by atoms with Gasteiger partial charge in [-0.25, -0.2) is 0 Å². The highest BCUT2D eigenvalue weighted by Gasteiger charge is 2.16. The fourth-order valence-electron chi connectivity index (χ4n) is 1.24. The van der Waals surface area contributed by atoms with Gasteiger partial charge in [0.05, 0.1) is 16.1 Å². The molecule has 0 aromatic heterocycles. The fraction of sp³-hybridized carbons (Fsp3) is 0.417. The van der Waals surface area contributed by atoms with Crippen LogP contribution in [-0.2, 0) is 9.53 Å². The molecule has 18 heavy (non-hydrogen) atoms. The van der Waals surface area contributed by atoms with E-state index in [0.717, 1.165) is 0 Å². The van der Waals surface area contributed by atoms with E-state index in [2.05, 4.69) is 21.2 Å². The molecule has 100 valence electrons. The molecule has 1 aromatic rings. The van der Waals surface area contributed by atoms with Crippen molar-refractivity contribution in [3.63, 3.8) is 0 Å². The Balaban J connectivity index is 2.56. The zero-order chi connectivity index (χ0) is 13.5. The van der Waals surface area contributed by atoms with Crippen molar-refractivity contribution in [2.75, 3.05) is 20.3 Å². The van der Waals surface area contributed by atoms with Crippen LogP contribution in [0, 0.1) is 0 Å². The summed E-state index contributed by atoms with van der Waals surface area (Å²) >= 11 is 9.25. The summed E-state index contributed by atoms with van der Waals surface area (Å²) in [6.07, 6.45) is -0.600. The molecule has 1 rings (SSSR count). The van der Waals surface area contributed by atoms with Crippen molar-refractivity contribution in [1.29, 1.82) is 0 Å². The standard InChI is InChI=1S/C12H15BrClNO3/c1-8(12(16)15-6-7-17-2)18-10-5-3-4-9(14)11(10)13/h3-5,8H,6-7H2,1-2H3,(H,15,16). The van der Waals surface area contributed by atoms with E-state index < -0.39 is 6.10 Å². The van der Waals surface area contributed by atoms with Crippen LogP contribution in [0.3, 0.4) is 0 Å². The Morgan fingerprint density at radius 2 is 2.28 bits per heavy atom. The molecular weight excluding hydrogens is 321 g/mol. The molecule has 1 amide bonds. The van der Waals surface area contributed by atoms with Crippen molar-refractivity contribution in [3.8, 4) is 5.75 Å². The molecule has 1 N–H and O–H groups in total. The molecule has 1 atom stereocenters. The van der Waals surface area contributed by atoms with Gasteiger partial charge >= 0.3 is 0 Å². The first kappa shape index (κ1) is 15.3. The summed E-state index contributed by atoms with van der Waals surface area (Å²) in [5, 5.41) is 3.24. The molecule has 0 aliphatic heterocycles. The molecule has 4 nitrogen and oxygen atoms in total. The van der Waals surface area contributed by atoms with Gasteiger partial charge in [-0.05, 0) is 35.0 Å². The van der Waals surface area contributed by atoms with Crippen LogP contribution in [0.25, 0.3) is 0 Å². The SMILES string of the molecule is COCCNC(=O)C(C)Oc1cccc(Cl)c1Br. The van der Waals surface area contributed by atoms with E-state index in [1.54, 1.807) is 32.2 Å². The largest absolute Gasteiger partial charge is 0.480 e. The first-order valence-electron chi connectivity index (χ1n) is 5.43. The normalized spacial score (nSPS) is 12.0. The summed E-state index contributed by atoms with van der Waals surface area (Å²) < 4.78 is 11.0. The second kappa shape index (κ2) is 7.61. The van der Waals surface area contributed by atoms with Gasteiger partial charge in [0.2, 0.25) is 0 Å². The summed E-state index contributed by atoms with van der Waals surface area (Å²) in [6, 6.07) is 5.24. The third-order valence-corrected chi connectivity index (χ3v) is 3.56. The minimum atomic E-state index is -0.600. The van der Waals surface area contributed by atoms with Crippen molar-refractivity contribution in [3.05, 3.63) is 27.7 Å². The number of ether oxygens (including phenoxy) is 2. The maximum Gasteiger partial charge on any atom is 0.260 e. The van der Waals surface area contributed by atoms with E-state index in [4.69, 9.17) is 21.1 Å². The monoisotopic (exact) mass is 335 g/mol. The number of amides is 1. The van der Waals surface area contributed by atoms with Crippen LogP contribution >= 0.6 is 27.5 Å². The number of rotatable bonds is 6. The third kappa shape index (κ3) is 4.48. The highest BCUT2D eigenvalue weighted by Crippen LogP contribution is 2.32. The lowest BCUT2D eigenvalue weighted by Crippen LogP contribution is -2.37. The minimum absolute atomic E-state index is 0.195. The Kier molecular flexibility index (Phi) is 6.46. The van der Waals surface area contributed by atoms with Crippen LogP contribution in [0.2, 0.25) is 5.02 Å². The van der Waals surface area contributed by atoms with Gasteiger partial charge < -0.3 is 14.8 Å². The molecule has 0 spiro atoms. The Bertz CT molecular complexity index is 414. The van der Waals surface area contributed by atoms with Gasteiger partial charge in [-0.3, -0.25) is 4.79 Å². The van der Waals surface area contributed by atoms with Gasteiger partial charge in [0.1, 0.15) is 5.75 Å². The Morgan fingerprint density at radius 3 is 2.94 bits per heavy atom. The lowest BCUT2D eigenvalue weighted by Gasteiger charge is -2.16. The van der Waals surface area contributed by atoms with E-state index in [-0.39, 0.29) is 5.91 Å². The summed E-state index contributed by atoms with van der Waals surface area (Å²) in [4.78, 5) is 11.7. The van der Waals surface area contributed by atoms with Crippen LogP contribution in [-0.4, -0.2) is 32.3 Å². The van der Waals surface area contributed by atoms with Crippen LogP contribution in [0.1, 0.15) is 6.92 Å². The van der Waals surface area contributed by atoms with Gasteiger partial charge in [-0.2, -0.15) is 0 Å². The molecule has 6 heteroatoms. The molecule has 1 aromatic carbocycles. The molecule has 0 fully saturated rings. The Labute approximate surface area is 120 Å². The van der Waals surface area contributed by atoms with Crippen molar-refractivity contribution >= 4 is 33.4 Å². The topological polar surface area (TPSA) is 47.6 Å². The van der Waals surface area contributed by atoms with Crippen molar-refractivity contribution in [1.82, 2.24) is 5.32 Å². The summed E-state index contributed by atoms with van der Waals surface area (Å²) in [5.41, 5.74) is 0. The van der Waals surface area contributed by atoms with Crippen molar-refractivity contribution in [2.45, 2.75) is 13.0 Å². The smallest absolute Gasteiger partial charge is 0.260 e. The van der Waals surface area contributed by atoms with Crippen LogP contribution in [0.15, 0.2) is 22.7 Å². The molecular formula is C12H15BrClNO3. The molecule has 0 bridgehead atoms. The second-order valence-electron chi connectivity index (χ2n) is 3.60. The lowest BCUT2D eigenvalue weighted by atomic mass is 10.3. The van der Waals surface area contributed by atoms with Gasteiger partial charge in [0.15, 0.2) is 6.10 Å². The van der Waals surface area contributed by atoms with E-state index >= 15 is 0 Å². The van der Waals surface area contributed by atoms with Crippen molar-refractivity contribution in [2.24, 2.45) is 0 Å². The van der Waals surface area contributed by atoms with E-state index in [1.807, 2.05) is 0 Å². The summed E-state index contributed by atoms with van der Waals surface area (Å²) in [5.74, 6) is 0.343. The van der Waals surface area contributed by atoms with Gasteiger partial charge in [0.25, 0.3) is 5.91 Å². The lowest BCUT2D eigenvalue weighted by molar-refractivity contribution is -0.127. The molecule has 0 heterocycles. The molecule has 1 unspecified atom stereocenters. The number of methoxy groups -OCH3 is 1. The number of hydrogen-bond donors (Lipinski definition) is 1.